The summed E-state index contributed by atoms with van der Waals surface area (Å²) in [5.41, 5.74) is 1.32. The number of nitrogens with zero attached hydrogens (tertiary/aromatic N) is 1. The van der Waals surface area contributed by atoms with E-state index in [0.717, 1.165) is 0 Å². The van der Waals surface area contributed by atoms with Crippen molar-refractivity contribution in [2.24, 2.45) is 0 Å². The van der Waals surface area contributed by atoms with E-state index in [1.54, 1.807) is 18.2 Å². The van der Waals surface area contributed by atoms with Crippen LogP contribution >= 0.6 is 11.6 Å². The van der Waals surface area contributed by atoms with Crippen LogP contribution in [0, 0.1) is 17.6 Å². The molecule has 1 rings (SSSR count). The maximum atomic E-state index is 10.7. The van der Waals surface area contributed by atoms with Gasteiger partial charge in [0, 0.05) is 10.6 Å². The van der Waals surface area contributed by atoms with Gasteiger partial charge in [-0.3, -0.25) is 0 Å². The predicted octanol–water partition coefficient (Wildman–Crippen LogP) is 1.88. The Morgan fingerprint density at radius 1 is 1.62 bits per heavy atom. The fourth-order valence-electron chi connectivity index (χ4n) is 0.968. The van der Waals surface area contributed by atoms with Crippen LogP contribution in [0.1, 0.15) is 11.1 Å². The molecule has 0 aliphatic heterocycles. The Bertz CT molecular complexity index is 386. The Labute approximate surface area is 82.0 Å². The number of hydroxylamine groups is 1. The van der Waals surface area contributed by atoms with Gasteiger partial charge in [-0.2, -0.15) is 0 Å². The molecule has 0 saturated carbocycles. The summed E-state index contributed by atoms with van der Waals surface area (Å²) in [7, 11) is 1.39. The lowest BCUT2D eigenvalue weighted by Crippen LogP contribution is -1.99. The van der Waals surface area contributed by atoms with Gasteiger partial charge in [0.2, 0.25) is 0 Å². The molecule has 0 bridgehead atoms. The zero-order valence-corrected chi connectivity index (χ0v) is 7.88. The van der Waals surface area contributed by atoms with Gasteiger partial charge in [0.15, 0.2) is 6.21 Å². The van der Waals surface area contributed by atoms with Gasteiger partial charge >= 0.3 is 0 Å². The summed E-state index contributed by atoms with van der Waals surface area (Å²) in [6.45, 7) is 0. The number of hydrogen-bond donors (Lipinski definition) is 0. The molecule has 0 heterocycles. The van der Waals surface area contributed by atoms with Crippen LogP contribution in [0.25, 0.3) is 0 Å². The fourth-order valence-corrected chi connectivity index (χ4v) is 1.15. The lowest BCUT2D eigenvalue weighted by atomic mass is 10.1. The van der Waals surface area contributed by atoms with E-state index in [-0.39, 0.29) is 0 Å². The van der Waals surface area contributed by atoms with Gasteiger partial charge in [-0.05, 0) is 18.2 Å². The van der Waals surface area contributed by atoms with Crippen molar-refractivity contribution in [2.45, 2.75) is 0 Å². The molecule has 13 heavy (non-hydrogen) atoms. The molecular formula is C10H8ClNO. The monoisotopic (exact) mass is 193 g/mol. The zero-order chi connectivity index (χ0) is 9.84. The standard InChI is InChI=1S/C10H8ClNO/c1-3-8-4-5-10(11)6-9(8)7-12(2)13/h1,4-7H,2H3/b12-7-. The third-order valence-corrected chi connectivity index (χ3v) is 1.73. The molecule has 0 aliphatic carbocycles. The summed E-state index contributed by atoms with van der Waals surface area (Å²) in [4.78, 5) is 0. The van der Waals surface area contributed by atoms with E-state index in [0.29, 0.717) is 20.9 Å². The highest BCUT2D eigenvalue weighted by Crippen LogP contribution is 2.13. The Hall–Kier alpha value is -1.46. The first-order chi connectivity index (χ1) is 6.13. The average molecular weight is 194 g/mol. The van der Waals surface area contributed by atoms with Crippen molar-refractivity contribution in [2.75, 3.05) is 7.05 Å². The van der Waals surface area contributed by atoms with Gasteiger partial charge < -0.3 is 5.21 Å². The van der Waals surface area contributed by atoms with E-state index < -0.39 is 0 Å². The number of benzene rings is 1. The minimum Gasteiger partial charge on any atom is -0.624 e. The molecule has 0 aromatic heterocycles. The number of hydrogen-bond acceptors (Lipinski definition) is 1. The first-order valence-electron chi connectivity index (χ1n) is 3.64. The van der Waals surface area contributed by atoms with Crippen molar-refractivity contribution in [3.63, 3.8) is 0 Å². The predicted molar refractivity (Wildman–Crippen MR) is 54.1 cm³/mol. The van der Waals surface area contributed by atoms with Crippen molar-refractivity contribution in [3.8, 4) is 12.3 Å². The van der Waals surface area contributed by atoms with Gasteiger partial charge in [-0.15, -0.1) is 6.42 Å². The summed E-state index contributed by atoms with van der Waals surface area (Å²) < 4.78 is 0.687. The molecule has 0 saturated heterocycles. The molecule has 0 spiro atoms. The van der Waals surface area contributed by atoms with E-state index in [9.17, 15) is 5.21 Å². The van der Waals surface area contributed by atoms with Gasteiger partial charge in [0.05, 0.1) is 5.56 Å². The second-order valence-corrected chi connectivity index (χ2v) is 2.99. The van der Waals surface area contributed by atoms with Crippen LogP contribution in [-0.4, -0.2) is 18.0 Å². The van der Waals surface area contributed by atoms with Crippen molar-refractivity contribution in [3.05, 3.63) is 39.6 Å². The van der Waals surface area contributed by atoms with Gasteiger partial charge in [0.1, 0.15) is 7.05 Å². The first kappa shape index (κ1) is 9.63. The molecule has 0 atom stereocenters. The Morgan fingerprint density at radius 2 is 2.31 bits per heavy atom. The molecule has 2 nitrogen and oxygen atoms in total. The number of halogens is 1. The molecule has 0 N–H and O–H groups in total. The summed E-state index contributed by atoms with van der Waals surface area (Å²) in [6, 6.07) is 5.06. The van der Waals surface area contributed by atoms with E-state index in [1.165, 1.54) is 13.3 Å². The second kappa shape index (κ2) is 3.97. The third kappa shape index (κ3) is 2.50. The molecule has 1 aromatic rings. The molecule has 1 aromatic carbocycles. The molecule has 0 aliphatic rings. The summed E-state index contributed by atoms with van der Waals surface area (Å²) in [5, 5.41) is 11.3. The Morgan fingerprint density at radius 3 is 2.85 bits per heavy atom. The average Bonchev–Trinajstić information content (AvgIpc) is 2.03. The minimum absolute atomic E-state index is 0.562. The molecule has 0 unspecified atom stereocenters. The quantitative estimate of drug-likeness (QED) is 0.220. The van der Waals surface area contributed by atoms with Crippen molar-refractivity contribution >= 4 is 17.8 Å². The third-order valence-electron chi connectivity index (χ3n) is 1.49. The van der Waals surface area contributed by atoms with Crippen LogP contribution in [-0.2, 0) is 0 Å². The van der Waals surface area contributed by atoms with Crippen molar-refractivity contribution in [1.82, 2.24) is 0 Å². The van der Waals surface area contributed by atoms with Crippen LogP contribution in [0.15, 0.2) is 18.2 Å². The topological polar surface area (TPSA) is 26.1 Å². The lowest BCUT2D eigenvalue weighted by Gasteiger charge is -1.99. The molecule has 0 fully saturated rings. The van der Waals surface area contributed by atoms with Gasteiger partial charge in [0.25, 0.3) is 0 Å². The summed E-state index contributed by atoms with van der Waals surface area (Å²) in [5.74, 6) is 2.47. The number of rotatable bonds is 1. The van der Waals surface area contributed by atoms with E-state index in [4.69, 9.17) is 18.0 Å². The smallest absolute Gasteiger partial charge is 0.182 e. The highest BCUT2D eigenvalue weighted by Gasteiger charge is 2.00. The largest absolute Gasteiger partial charge is 0.624 e. The molecule has 3 heteroatoms. The SMILES string of the molecule is C#Cc1ccc(Cl)cc1/C=[N+](/C)[O-]. The highest BCUT2D eigenvalue weighted by molar-refractivity contribution is 6.30. The van der Waals surface area contributed by atoms with E-state index >= 15 is 0 Å². The fraction of sp³-hybridized carbons (Fsp3) is 0.100. The van der Waals surface area contributed by atoms with Crippen LogP contribution in [0.2, 0.25) is 5.02 Å². The van der Waals surface area contributed by atoms with E-state index in [2.05, 4.69) is 5.92 Å². The highest BCUT2D eigenvalue weighted by atomic mass is 35.5. The van der Waals surface area contributed by atoms with Gasteiger partial charge in [-0.1, -0.05) is 17.5 Å². The second-order valence-electron chi connectivity index (χ2n) is 2.55. The van der Waals surface area contributed by atoms with Crippen LogP contribution in [0.4, 0.5) is 0 Å². The molecule has 0 amide bonds. The zero-order valence-electron chi connectivity index (χ0n) is 7.12. The first-order valence-corrected chi connectivity index (χ1v) is 4.02. The maximum Gasteiger partial charge on any atom is 0.182 e. The summed E-state index contributed by atoms with van der Waals surface area (Å²) >= 11 is 5.75. The minimum atomic E-state index is 0.562. The van der Waals surface area contributed by atoms with Gasteiger partial charge in [-0.25, -0.2) is 4.74 Å². The van der Waals surface area contributed by atoms with Crippen molar-refractivity contribution in [1.29, 1.82) is 0 Å². The number of terminal acetylenes is 1. The molecular weight excluding hydrogens is 186 g/mol. The maximum absolute atomic E-state index is 10.7. The normalized spacial score (nSPS) is 11.0. The van der Waals surface area contributed by atoms with Crippen LogP contribution in [0.3, 0.4) is 0 Å². The van der Waals surface area contributed by atoms with Crippen molar-refractivity contribution < 1.29 is 4.74 Å². The van der Waals surface area contributed by atoms with E-state index in [1.807, 2.05) is 0 Å². The summed E-state index contributed by atoms with van der Waals surface area (Å²) in [6.07, 6.45) is 6.63. The molecule has 0 radical (unpaired) electrons. The Balaban J connectivity index is 3.26. The lowest BCUT2D eigenvalue weighted by molar-refractivity contribution is -0.416. The van der Waals surface area contributed by atoms with Crippen LogP contribution < -0.4 is 0 Å². The molecule has 66 valence electrons. The Kier molecular flexibility index (Phi) is 2.94. The van der Waals surface area contributed by atoms with Crippen LogP contribution in [0.5, 0.6) is 0 Å².